The molecule has 4 aromatic heterocycles. The second kappa shape index (κ2) is 15.0. The van der Waals surface area contributed by atoms with Crippen LogP contribution in [0.15, 0.2) is 114 Å². The second-order valence-electron chi connectivity index (χ2n) is 12.2. The second-order valence-corrected chi connectivity index (χ2v) is 12.2. The maximum atomic E-state index is 9.10. The molecule has 239 valence electrons. The predicted octanol–water partition coefficient (Wildman–Crippen LogP) is 11.1. The third-order valence-corrected chi connectivity index (χ3v) is 8.28. The van der Waals surface area contributed by atoms with Crippen molar-refractivity contribution in [3.05, 3.63) is 138 Å². The van der Waals surface area contributed by atoms with Crippen molar-refractivity contribution in [1.29, 1.82) is 0 Å². The Hall–Kier alpha value is -4.44. The van der Waals surface area contributed by atoms with Crippen molar-refractivity contribution in [1.82, 2.24) is 15.0 Å². The molecule has 4 heterocycles. The zero-order valence-corrected chi connectivity index (χ0v) is 30.0. The van der Waals surface area contributed by atoms with E-state index in [2.05, 4.69) is 89.0 Å². The van der Waals surface area contributed by atoms with E-state index in [0.717, 1.165) is 55.7 Å². The molecule has 7 aromatic rings. The number of hydrogen-bond donors (Lipinski definition) is 0. The number of aromatic nitrogens is 3. The molecule has 3 aromatic carbocycles. The molecule has 0 atom stereocenters. The number of aryl methyl sites for hydroxylation is 2. The summed E-state index contributed by atoms with van der Waals surface area (Å²) < 4.78 is 15.4. The number of pyridine rings is 3. The summed E-state index contributed by atoms with van der Waals surface area (Å²) in [7, 11) is 0. The first kappa shape index (κ1) is 32.5. The van der Waals surface area contributed by atoms with Crippen LogP contribution >= 0.6 is 0 Å². The van der Waals surface area contributed by atoms with E-state index in [0.29, 0.717) is 5.71 Å². The van der Waals surface area contributed by atoms with Gasteiger partial charge in [-0.15, -0.1) is 54.1 Å². The van der Waals surface area contributed by atoms with Crippen LogP contribution in [-0.2, 0) is 20.1 Å². The van der Waals surface area contributed by atoms with Gasteiger partial charge in [-0.1, -0.05) is 81.1 Å². The van der Waals surface area contributed by atoms with Crippen molar-refractivity contribution < 1.29 is 25.9 Å². The van der Waals surface area contributed by atoms with Gasteiger partial charge in [-0.05, 0) is 77.9 Å². The first-order valence-electron chi connectivity index (χ1n) is 16.3. The van der Waals surface area contributed by atoms with Gasteiger partial charge >= 0.3 is 0 Å². The zero-order valence-electron chi connectivity index (χ0n) is 28.6. The van der Waals surface area contributed by atoms with Crippen LogP contribution in [0, 0.1) is 37.8 Å². The Balaban J connectivity index is 0.000000291. The van der Waals surface area contributed by atoms with Crippen molar-refractivity contribution in [3.63, 3.8) is 0 Å². The average Bonchev–Trinajstić information content (AvgIpc) is 3.47. The Morgan fingerprint density at radius 3 is 2.06 bits per heavy atom. The fourth-order valence-electron chi connectivity index (χ4n) is 6.29. The van der Waals surface area contributed by atoms with E-state index in [1.54, 1.807) is 6.20 Å². The van der Waals surface area contributed by atoms with Gasteiger partial charge in [-0.3, -0.25) is 0 Å². The molecule has 4 nitrogen and oxygen atoms in total. The van der Waals surface area contributed by atoms with Gasteiger partial charge in [0.05, 0.1) is 11.3 Å². The molecule has 0 unspecified atom stereocenters. The van der Waals surface area contributed by atoms with Crippen molar-refractivity contribution in [3.8, 4) is 33.8 Å². The molecule has 7 rings (SSSR count). The molecule has 0 saturated carbocycles. The quantitative estimate of drug-likeness (QED) is 0.157. The SMILES string of the molecule is [2H]C(c1ccc(-c2[c-]ccc3c2oc2nc(-c4c(C)cccc4C)ccc23)nc1)(C(C)C)C(C)C.[Ir].[c-]1ccccc1-c1ccccn1. The molecule has 0 amide bonds. The summed E-state index contributed by atoms with van der Waals surface area (Å²) in [5.41, 5.74) is 10.3. The topological polar surface area (TPSA) is 51.8 Å². The predicted molar refractivity (Wildman–Crippen MR) is 189 cm³/mol. The van der Waals surface area contributed by atoms with Crippen LogP contribution < -0.4 is 0 Å². The van der Waals surface area contributed by atoms with Crippen molar-refractivity contribution in [2.24, 2.45) is 11.8 Å². The summed E-state index contributed by atoms with van der Waals surface area (Å²) in [6, 6.07) is 38.5. The van der Waals surface area contributed by atoms with Crippen LogP contribution in [0.5, 0.6) is 0 Å². The Labute approximate surface area is 293 Å². The standard InChI is InChI=1S/C31H31N2O.C11H8N.Ir/c1-18(2)28(19(3)4)22-13-15-26(32-17-22)25-12-8-11-23-24-14-16-27(33-31(24)34-30(23)25)29-20(5)9-7-10-21(29)6;1-2-6-10(7-3-1)11-8-4-5-9-12-11;/h7-11,13-19,28H,1-6H3;1-6,8-9H;/q2*-1;/i28D;;. The third kappa shape index (κ3) is 7.27. The van der Waals surface area contributed by atoms with E-state index >= 15 is 0 Å². The summed E-state index contributed by atoms with van der Waals surface area (Å²) in [5.74, 6) is -0.329. The molecular weight excluding hydrogens is 755 g/mol. The molecule has 1 radical (unpaired) electrons. The Bertz CT molecular complexity index is 2060. The first-order chi connectivity index (χ1) is 22.7. The molecule has 47 heavy (non-hydrogen) atoms. The summed E-state index contributed by atoms with van der Waals surface area (Å²) in [4.78, 5) is 13.9. The number of hydrogen-bond acceptors (Lipinski definition) is 4. The van der Waals surface area contributed by atoms with Gasteiger partial charge in [0.25, 0.3) is 0 Å². The van der Waals surface area contributed by atoms with E-state index in [-0.39, 0.29) is 31.9 Å². The molecule has 0 bridgehead atoms. The summed E-state index contributed by atoms with van der Waals surface area (Å²) in [6.45, 7) is 12.6. The van der Waals surface area contributed by atoms with Crippen molar-refractivity contribution in [2.45, 2.75) is 47.4 Å². The van der Waals surface area contributed by atoms with E-state index in [9.17, 15) is 0 Å². The van der Waals surface area contributed by atoms with Crippen molar-refractivity contribution in [2.75, 3.05) is 0 Å². The van der Waals surface area contributed by atoms with Gasteiger partial charge in [0.15, 0.2) is 0 Å². The average molecular weight is 795 g/mol. The smallest absolute Gasteiger partial charge is 0.216 e. The maximum absolute atomic E-state index is 9.10. The molecule has 0 aliphatic carbocycles. The van der Waals surface area contributed by atoms with Gasteiger partial charge in [0, 0.05) is 44.8 Å². The van der Waals surface area contributed by atoms with Crippen LogP contribution in [0.25, 0.3) is 55.8 Å². The molecule has 0 spiro atoms. The minimum atomic E-state index is -0.686. The van der Waals surface area contributed by atoms with Crippen LogP contribution in [0.1, 0.15) is 51.7 Å². The molecule has 5 heteroatoms. The fourth-order valence-corrected chi connectivity index (χ4v) is 6.29. The molecule has 0 saturated heterocycles. The van der Waals surface area contributed by atoms with E-state index in [1.807, 2.05) is 72.9 Å². The largest absolute Gasteiger partial charge is 0.486 e. The number of benzene rings is 3. The van der Waals surface area contributed by atoms with Crippen LogP contribution in [0.4, 0.5) is 0 Å². The van der Waals surface area contributed by atoms with Crippen molar-refractivity contribution >= 4 is 22.1 Å². The van der Waals surface area contributed by atoms with Gasteiger partial charge in [-0.25, -0.2) is 4.98 Å². The number of nitrogens with zero attached hydrogens (tertiary/aromatic N) is 3. The van der Waals surface area contributed by atoms with E-state index < -0.39 is 5.89 Å². The fraction of sp³-hybridized carbons (Fsp3) is 0.214. The first-order valence-corrected chi connectivity index (χ1v) is 15.8. The Kier molecular flexibility index (Phi) is 10.4. The van der Waals surface area contributed by atoms with Crippen LogP contribution in [0.3, 0.4) is 0 Å². The monoisotopic (exact) mass is 795 g/mol. The summed E-state index contributed by atoms with van der Waals surface area (Å²) in [5, 5.41) is 1.98. The molecule has 0 fully saturated rings. The minimum absolute atomic E-state index is 0. The number of fused-ring (bicyclic) bond motifs is 3. The Morgan fingerprint density at radius 1 is 0.681 bits per heavy atom. The molecule has 0 aliphatic rings. The Morgan fingerprint density at radius 2 is 1.43 bits per heavy atom. The molecular formula is C42H39IrN3O-2. The normalized spacial score (nSPS) is 11.7. The number of furan rings is 1. The molecule has 0 aliphatic heterocycles. The van der Waals surface area contributed by atoms with Gasteiger partial charge in [-0.2, -0.15) is 0 Å². The maximum Gasteiger partial charge on any atom is 0.216 e. The van der Waals surface area contributed by atoms with Gasteiger partial charge < -0.3 is 14.4 Å². The molecule has 0 N–H and O–H groups in total. The summed E-state index contributed by atoms with van der Waals surface area (Å²) in [6.07, 6.45) is 3.63. The number of rotatable bonds is 6. The zero-order chi connectivity index (χ0) is 33.1. The minimum Gasteiger partial charge on any atom is -0.486 e. The van der Waals surface area contributed by atoms with Crippen LogP contribution in [0.2, 0.25) is 0 Å². The van der Waals surface area contributed by atoms with Gasteiger partial charge in [0.1, 0.15) is 0 Å². The van der Waals surface area contributed by atoms with E-state index in [1.165, 1.54) is 11.1 Å². The summed E-state index contributed by atoms with van der Waals surface area (Å²) >= 11 is 0. The van der Waals surface area contributed by atoms with E-state index in [4.69, 9.17) is 15.8 Å². The van der Waals surface area contributed by atoms with Crippen LogP contribution in [-0.4, -0.2) is 15.0 Å². The third-order valence-electron chi connectivity index (χ3n) is 8.28. The van der Waals surface area contributed by atoms with Gasteiger partial charge in [0.2, 0.25) is 5.71 Å².